The first-order valence-electron chi connectivity index (χ1n) is 7.15. The second-order valence-corrected chi connectivity index (χ2v) is 5.19. The Bertz CT molecular complexity index is 760. The zero-order valence-corrected chi connectivity index (χ0v) is 12.3. The third-order valence-corrected chi connectivity index (χ3v) is 3.38. The molecule has 4 nitrogen and oxygen atoms in total. The van der Waals surface area contributed by atoms with Gasteiger partial charge in [-0.15, -0.1) is 0 Å². The summed E-state index contributed by atoms with van der Waals surface area (Å²) >= 11 is 0. The summed E-state index contributed by atoms with van der Waals surface area (Å²) in [6, 6.07) is 9.97. The Morgan fingerprint density at radius 1 is 1.19 bits per heavy atom. The summed E-state index contributed by atoms with van der Waals surface area (Å²) in [5.41, 5.74) is 10.6. The lowest BCUT2D eigenvalue weighted by atomic mass is 10.2. The maximum atomic E-state index is 5.87. The van der Waals surface area contributed by atoms with E-state index in [-0.39, 0.29) is 0 Å². The molecule has 0 aliphatic heterocycles. The van der Waals surface area contributed by atoms with Crippen molar-refractivity contribution in [2.75, 3.05) is 12.3 Å². The molecule has 0 unspecified atom stereocenters. The van der Waals surface area contributed by atoms with E-state index in [9.17, 15) is 0 Å². The van der Waals surface area contributed by atoms with Gasteiger partial charge < -0.3 is 14.9 Å². The van der Waals surface area contributed by atoms with E-state index in [0.717, 1.165) is 46.9 Å². The van der Waals surface area contributed by atoms with Crippen LogP contribution >= 0.6 is 0 Å². The van der Waals surface area contributed by atoms with Gasteiger partial charge in [0.2, 0.25) is 0 Å². The van der Waals surface area contributed by atoms with E-state index in [1.54, 1.807) is 0 Å². The van der Waals surface area contributed by atoms with E-state index in [1.807, 2.05) is 54.0 Å². The zero-order valence-electron chi connectivity index (χ0n) is 12.3. The molecule has 0 aliphatic rings. The number of nitrogen functional groups attached to an aromatic ring is 1. The van der Waals surface area contributed by atoms with Crippen molar-refractivity contribution in [1.29, 1.82) is 0 Å². The van der Waals surface area contributed by atoms with Crippen molar-refractivity contribution in [2.24, 2.45) is 0 Å². The van der Waals surface area contributed by atoms with E-state index < -0.39 is 0 Å². The number of aromatic nitrogens is 2. The lowest BCUT2D eigenvalue weighted by Crippen LogP contribution is -1.94. The maximum absolute atomic E-state index is 5.87. The highest BCUT2D eigenvalue weighted by molar-refractivity contribution is 5.66. The van der Waals surface area contributed by atoms with E-state index in [0.29, 0.717) is 0 Å². The number of rotatable bonds is 4. The van der Waals surface area contributed by atoms with Crippen LogP contribution < -0.4 is 10.5 Å². The molecule has 0 saturated carbocycles. The van der Waals surface area contributed by atoms with Gasteiger partial charge in [0.15, 0.2) is 0 Å². The van der Waals surface area contributed by atoms with Gasteiger partial charge in [-0.3, -0.25) is 0 Å². The first-order valence-corrected chi connectivity index (χ1v) is 7.15. The summed E-state index contributed by atoms with van der Waals surface area (Å²) in [7, 11) is 0. The number of imidazole rings is 1. The van der Waals surface area contributed by atoms with E-state index in [1.165, 1.54) is 0 Å². The fourth-order valence-electron chi connectivity index (χ4n) is 2.38. The minimum atomic E-state index is 0.742. The summed E-state index contributed by atoms with van der Waals surface area (Å²) in [6.45, 7) is 4.86. The van der Waals surface area contributed by atoms with Gasteiger partial charge in [0.25, 0.3) is 0 Å². The van der Waals surface area contributed by atoms with Crippen LogP contribution in [-0.2, 0) is 0 Å². The van der Waals surface area contributed by atoms with E-state index >= 15 is 0 Å². The number of benzene rings is 1. The predicted octanol–water partition coefficient (Wildman–Crippen LogP) is 3.68. The molecule has 108 valence electrons. The number of anilines is 1. The average molecular weight is 281 g/mol. The first kappa shape index (κ1) is 13.5. The molecule has 0 radical (unpaired) electrons. The van der Waals surface area contributed by atoms with Crippen LogP contribution in [-0.4, -0.2) is 16.0 Å². The Kier molecular flexibility index (Phi) is 3.52. The molecule has 2 N–H and O–H groups in total. The number of nitrogens with two attached hydrogens (primary N) is 1. The molecule has 3 rings (SSSR count). The second kappa shape index (κ2) is 5.48. The molecule has 3 aromatic rings. The summed E-state index contributed by atoms with van der Waals surface area (Å²) in [4.78, 5) is 4.68. The first-order chi connectivity index (χ1) is 10.2. The number of hydrogen-bond acceptors (Lipinski definition) is 3. The molecule has 0 amide bonds. The fourth-order valence-corrected chi connectivity index (χ4v) is 2.38. The molecule has 2 aromatic heterocycles. The highest BCUT2D eigenvalue weighted by Crippen LogP contribution is 2.24. The van der Waals surface area contributed by atoms with Gasteiger partial charge in [-0.1, -0.05) is 6.92 Å². The smallest absolute Gasteiger partial charge is 0.140 e. The predicted molar refractivity (Wildman–Crippen MR) is 85.6 cm³/mol. The van der Waals surface area contributed by atoms with E-state index in [2.05, 4.69) is 11.9 Å². The van der Waals surface area contributed by atoms with Gasteiger partial charge in [-0.25, -0.2) is 4.98 Å². The Morgan fingerprint density at radius 3 is 2.67 bits per heavy atom. The zero-order chi connectivity index (χ0) is 14.8. The van der Waals surface area contributed by atoms with Crippen molar-refractivity contribution < 1.29 is 4.74 Å². The number of aryl methyl sites for hydroxylation is 1. The minimum absolute atomic E-state index is 0.742. The molecule has 0 saturated heterocycles. The number of hydrogen-bond donors (Lipinski definition) is 1. The van der Waals surface area contributed by atoms with Gasteiger partial charge in [0.1, 0.15) is 11.4 Å². The highest BCUT2D eigenvalue weighted by Gasteiger charge is 2.07. The number of ether oxygens (including phenoxy) is 1. The van der Waals surface area contributed by atoms with Crippen molar-refractivity contribution >= 4 is 11.3 Å². The van der Waals surface area contributed by atoms with Crippen molar-refractivity contribution in [3.05, 3.63) is 48.3 Å². The van der Waals surface area contributed by atoms with Crippen molar-refractivity contribution in [2.45, 2.75) is 20.3 Å². The topological polar surface area (TPSA) is 52.5 Å². The Labute approximate surface area is 124 Å². The van der Waals surface area contributed by atoms with Gasteiger partial charge in [0, 0.05) is 23.6 Å². The Balaban J connectivity index is 1.95. The van der Waals surface area contributed by atoms with Crippen molar-refractivity contribution in [3.63, 3.8) is 0 Å². The van der Waals surface area contributed by atoms with Crippen LogP contribution in [0.15, 0.2) is 42.7 Å². The van der Waals surface area contributed by atoms with Gasteiger partial charge in [0.05, 0.1) is 12.3 Å². The molecule has 2 heterocycles. The average Bonchev–Trinajstić information content (AvgIpc) is 2.90. The SMILES string of the molecule is CCCOc1ccc(-c2cn3cc(N)cc(C)c3n2)cc1. The van der Waals surface area contributed by atoms with Gasteiger partial charge in [-0.05, 0) is 49.2 Å². The monoisotopic (exact) mass is 281 g/mol. The standard InChI is InChI=1S/C17H19N3O/c1-3-8-21-15-6-4-13(5-7-15)16-11-20-10-14(18)9-12(2)17(20)19-16/h4-7,9-11H,3,8,18H2,1-2H3. The van der Waals surface area contributed by atoms with E-state index in [4.69, 9.17) is 10.5 Å². The number of fused-ring (bicyclic) bond motifs is 1. The lowest BCUT2D eigenvalue weighted by molar-refractivity contribution is 0.317. The lowest BCUT2D eigenvalue weighted by Gasteiger charge is -2.04. The summed E-state index contributed by atoms with van der Waals surface area (Å²) in [5.74, 6) is 0.893. The normalized spacial score (nSPS) is 11.0. The molecule has 0 bridgehead atoms. The van der Waals surface area contributed by atoms with Crippen LogP contribution in [0.25, 0.3) is 16.9 Å². The van der Waals surface area contributed by atoms with Crippen molar-refractivity contribution in [3.8, 4) is 17.0 Å². The third kappa shape index (κ3) is 2.70. The molecule has 0 spiro atoms. The molecular weight excluding hydrogens is 262 g/mol. The number of nitrogens with zero attached hydrogens (tertiary/aromatic N) is 2. The largest absolute Gasteiger partial charge is 0.494 e. The molecular formula is C17H19N3O. The Morgan fingerprint density at radius 2 is 1.95 bits per heavy atom. The van der Waals surface area contributed by atoms with Crippen LogP contribution in [0.2, 0.25) is 0 Å². The van der Waals surface area contributed by atoms with Crippen LogP contribution in [0, 0.1) is 6.92 Å². The molecule has 0 aliphatic carbocycles. The maximum Gasteiger partial charge on any atom is 0.140 e. The second-order valence-electron chi connectivity index (χ2n) is 5.19. The van der Waals surface area contributed by atoms with Crippen LogP contribution in [0.5, 0.6) is 5.75 Å². The molecule has 1 aromatic carbocycles. The van der Waals surface area contributed by atoms with Crippen molar-refractivity contribution in [1.82, 2.24) is 9.38 Å². The Hall–Kier alpha value is -2.49. The molecule has 0 atom stereocenters. The van der Waals surface area contributed by atoms with Gasteiger partial charge >= 0.3 is 0 Å². The quantitative estimate of drug-likeness (QED) is 0.793. The minimum Gasteiger partial charge on any atom is -0.494 e. The van der Waals surface area contributed by atoms with Gasteiger partial charge in [-0.2, -0.15) is 0 Å². The van der Waals surface area contributed by atoms with Crippen LogP contribution in [0.1, 0.15) is 18.9 Å². The molecule has 21 heavy (non-hydrogen) atoms. The highest BCUT2D eigenvalue weighted by atomic mass is 16.5. The summed E-state index contributed by atoms with van der Waals surface area (Å²) in [6.07, 6.45) is 4.90. The molecule has 0 fully saturated rings. The summed E-state index contributed by atoms with van der Waals surface area (Å²) < 4.78 is 7.57. The van der Waals surface area contributed by atoms with Crippen LogP contribution in [0.3, 0.4) is 0 Å². The fraction of sp³-hybridized carbons (Fsp3) is 0.235. The summed E-state index contributed by atoms with van der Waals surface area (Å²) in [5, 5.41) is 0. The molecule has 4 heteroatoms. The number of pyridine rings is 1. The van der Waals surface area contributed by atoms with Crippen LogP contribution in [0.4, 0.5) is 5.69 Å². The third-order valence-electron chi connectivity index (χ3n) is 3.38.